The van der Waals surface area contributed by atoms with E-state index in [4.69, 9.17) is 0 Å². The molecular weight excluding hydrogens is 251 g/mol. The molecule has 0 aliphatic heterocycles. The molecular formula is C18H19FO. The standard InChI is InChI=1S/C18H19FO/c1-12-5-10-16(19)15(11-12)17(20)13-6-8-14(9-7-13)18(2,3)4/h5-11H,1-4H3. The molecule has 2 aromatic rings. The van der Waals surface area contributed by atoms with E-state index >= 15 is 0 Å². The highest BCUT2D eigenvalue weighted by Crippen LogP contribution is 2.23. The van der Waals surface area contributed by atoms with Gasteiger partial charge in [-0.25, -0.2) is 4.39 Å². The zero-order valence-electron chi connectivity index (χ0n) is 12.3. The molecule has 20 heavy (non-hydrogen) atoms. The highest BCUT2D eigenvalue weighted by Gasteiger charge is 2.17. The van der Waals surface area contributed by atoms with Crippen LogP contribution >= 0.6 is 0 Å². The Morgan fingerprint density at radius 3 is 2.15 bits per heavy atom. The van der Waals surface area contributed by atoms with E-state index in [1.807, 2.05) is 19.1 Å². The van der Waals surface area contributed by atoms with Crippen molar-refractivity contribution < 1.29 is 9.18 Å². The molecule has 0 N–H and O–H groups in total. The van der Waals surface area contributed by atoms with Crippen LogP contribution in [-0.2, 0) is 5.41 Å². The molecule has 2 aromatic carbocycles. The van der Waals surface area contributed by atoms with E-state index in [1.165, 1.54) is 6.07 Å². The van der Waals surface area contributed by atoms with E-state index in [2.05, 4.69) is 20.8 Å². The van der Waals surface area contributed by atoms with Crippen LogP contribution in [0.3, 0.4) is 0 Å². The zero-order chi connectivity index (χ0) is 14.9. The topological polar surface area (TPSA) is 17.1 Å². The third-order valence-corrected chi connectivity index (χ3v) is 3.38. The quantitative estimate of drug-likeness (QED) is 0.725. The maximum atomic E-state index is 13.8. The Labute approximate surface area is 119 Å². The van der Waals surface area contributed by atoms with Crippen molar-refractivity contribution in [2.75, 3.05) is 0 Å². The molecule has 0 heterocycles. The van der Waals surface area contributed by atoms with Gasteiger partial charge in [-0.2, -0.15) is 0 Å². The van der Waals surface area contributed by atoms with Crippen molar-refractivity contribution >= 4 is 5.78 Å². The van der Waals surface area contributed by atoms with Gasteiger partial charge < -0.3 is 0 Å². The lowest BCUT2D eigenvalue weighted by Gasteiger charge is -2.19. The SMILES string of the molecule is Cc1ccc(F)c(C(=O)c2ccc(C(C)(C)C)cc2)c1. The molecule has 0 bridgehead atoms. The Morgan fingerprint density at radius 1 is 1.00 bits per heavy atom. The second kappa shape index (κ2) is 5.20. The minimum atomic E-state index is -0.472. The molecule has 2 heteroatoms. The summed E-state index contributed by atoms with van der Waals surface area (Å²) >= 11 is 0. The van der Waals surface area contributed by atoms with Gasteiger partial charge in [0.15, 0.2) is 5.78 Å². The monoisotopic (exact) mass is 270 g/mol. The van der Waals surface area contributed by atoms with Gasteiger partial charge in [0.25, 0.3) is 0 Å². The molecule has 104 valence electrons. The number of carbonyl (C=O) groups is 1. The lowest BCUT2D eigenvalue weighted by molar-refractivity contribution is 0.103. The second-order valence-corrected chi connectivity index (χ2v) is 6.14. The first-order chi connectivity index (χ1) is 9.29. The molecule has 1 nitrogen and oxygen atoms in total. The van der Waals surface area contributed by atoms with Gasteiger partial charge in [-0.15, -0.1) is 0 Å². The van der Waals surface area contributed by atoms with Crippen molar-refractivity contribution in [1.29, 1.82) is 0 Å². The molecule has 2 rings (SSSR count). The highest BCUT2D eigenvalue weighted by molar-refractivity contribution is 6.09. The van der Waals surface area contributed by atoms with Crippen LogP contribution in [0.15, 0.2) is 42.5 Å². The van der Waals surface area contributed by atoms with Gasteiger partial charge in [-0.1, -0.05) is 56.7 Å². The van der Waals surface area contributed by atoms with Crippen LogP contribution < -0.4 is 0 Å². The van der Waals surface area contributed by atoms with Gasteiger partial charge in [-0.3, -0.25) is 4.79 Å². The third kappa shape index (κ3) is 2.96. The van der Waals surface area contributed by atoms with E-state index in [-0.39, 0.29) is 16.8 Å². The van der Waals surface area contributed by atoms with Crippen molar-refractivity contribution in [3.8, 4) is 0 Å². The molecule has 0 radical (unpaired) electrons. The summed E-state index contributed by atoms with van der Waals surface area (Å²) in [5.41, 5.74) is 2.71. The summed E-state index contributed by atoms with van der Waals surface area (Å²) in [4.78, 5) is 12.3. The summed E-state index contributed by atoms with van der Waals surface area (Å²) in [6, 6.07) is 12.0. The Bertz CT molecular complexity index is 633. The van der Waals surface area contributed by atoms with Crippen molar-refractivity contribution in [2.24, 2.45) is 0 Å². The van der Waals surface area contributed by atoms with Crippen LogP contribution in [0.4, 0.5) is 4.39 Å². The largest absolute Gasteiger partial charge is 0.288 e. The molecule has 0 fully saturated rings. The first-order valence-corrected chi connectivity index (χ1v) is 6.70. The number of ketones is 1. The van der Waals surface area contributed by atoms with E-state index in [0.29, 0.717) is 5.56 Å². The molecule has 0 aliphatic carbocycles. The molecule has 0 saturated heterocycles. The zero-order valence-corrected chi connectivity index (χ0v) is 12.3. The number of halogens is 1. The van der Waals surface area contributed by atoms with Gasteiger partial charge in [-0.05, 0) is 30.0 Å². The van der Waals surface area contributed by atoms with Crippen molar-refractivity contribution in [1.82, 2.24) is 0 Å². The number of hydrogen-bond donors (Lipinski definition) is 0. The number of hydrogen-bond acceptors (Lipinski definition) is 1. The minimum Gasteiger partial charge on any atom is -0.288 e. The number of benzene rings is 2. The van der Waals surface area contributed by atoms with Crippen molar-refractivity contribution in [3.63, 3.8) is 0 Å². The Balaban J connectivity index is 2.37. The fraction of sp³-hybridized carbons (Fsp3) is 0.278. The van der Waals surface area contributed by atoms with Crippen LogP contribution in [0, 0.1) is 12.7 Å². The maximum Gasteiger partial charge on any atom is 0.195 e. The van der Waals surface area contributed by atoms with Crippen molar-refractivity contribution in [3.05, 3.63) is 70.5 Å². The average Bonchev–Trinajstić information content (AvgIpc) is 2.40. The van der Waals surface area contributed by atoms with Gasteiger partial charge in [0.1, 0.15) is 5.82 Å². The van der Waals surface area contributed by atoms with E-state index in [0.717, 1.165) is 11.1 Å². The van der Waals surface area contributed by atoms with Gasteiger partial charge in [0.05, 0.1) is 5.56 Å². The minimum absolute atomic E-state index is 0.0379. The third-order valence-electron chi connectivity index (χ3n) is 3.38. The molecule has 0 saturated carbocycles. The lowest BCUT2D eigenvalue weighted by atomic mass is 9.86. The first-order valence-electron chi connectivity index (χ1n) is 6.70. The average molecular weight is 270 g/mol. The normalized spacial score (nSPS) is 11.4. The maximum absolute atomic E-state index is 13.8. The summed E-state index contributed by atoms with van der Waals surface area (Å²) in [5, 5.41) is 0. The molecule has 0 aliphatic rings. The second-order valence-electron chi connectivity index (χ2n) is 6.14. The number of carbonyl (C=O) groups excluding carboxylic acids is 1. The van der Waals surface area contributed by atoms with Crippen molar-refractivity contribution in [2.45, 2.75) is 33.1 Å². The highest BCUT2D eigenvalue weighted by atomic mass is 19.1. The summed E-state index contributed by atoms with van der Waals surface area (Å²) in [7, 11) is 0. The van der Waals surface area contributed by atoms with Gasteiger partial charge in [0.2, 0.25) is 0 Å². The summed E-state index contributed by atoms with van der Waals surface area (Å²) < 4.78 is 13.8. The Kier molecular flexibility index (Phi) is 3.76. The van der Waals surface area contributed by atoms with Gasteiger partial charge in [0, 0.05) is 5.56 Å². The van der Waals surface area contributed by atoms with Crippen LogP contribution in [0.1, 0.15) is 47.8 Å². The first kappa shape index (κ1) is 14.4. The molecule has 0 unspecified atom stereocenters. The van der Waals surface area contributed by atoms with E-state index < -0.39 is 5.82 Å². The van der Waals surface area contributed by atoms with E-state index in [1.54, 1.807) is 24.3 Å². The molecule has 0 amide bonds. The van der Waals surface area contributed by atoms with Crippen LogP contribution in [0.25, 0.3) is 0 Å². The smallest absolute Gasteiger partial charge is 0.195 e. The lowest BCUT2D eigenvalue weighted by Crippen LogP contribution is -2.11. The van der Waals surface area contributed by atoms with Gasteiger partial charge >= 0.3 is 0 Å². The van der Waals surface area contributed by atoms with Crippen LogP contribution in [0.5, 0.6) is 0 Å². The Hall–Kier alpha value is -1.96. The summed E-state index contributed by atoms with van der Waals surface area (Å²) in [6.45, 7) is 8.19. The number of rotatable bonds is 2. The van der Waals surface area contributed by atoms with Crippen LogP contribution in [0.2, 0.25) is 0 Å². The molecule has 0 spiro atoms. The fourth-order valence-electron chi connectivity index (χ4n) is 2.09. The van der Waals surface area contributed by atoms with E-state index in [9.17, 15) is 9.18 Å². The summed E-state index contributed by atoms with van der Waals surface area (Å²) in [5.74, 6) is -0.743. The Morgan fingerprint density at radius 2 is 1.60 bits per heavy atom. The predicted molar refractivity (Wildman–Crippen MR) is 79.7 cm³/mol. The fourth-order valence-corrected chi connectivity index (χ4v) is 2.09. The predicted octanol–water partition coefficient (Wildman–Crippen LogP) is 4.66. The van der Waals surface area contributed by atoms with Crippen LogP contribution in [-0.4, -0.2) is 5.78 Å². The summed E-state index contributed by atoms with van der Waals surface area (Å²) in [6.07, 6.45) is 0. The molecule has 0 aromatic heterocycles. The number of aryl methyl sites for hydroxylation is 1. The molecule has 0 atom stereocenters.